The van der Waals surface area contributed by atoms with E-state index < -0.39 is 0 Å². The number of halogens is 2. The predicted octanol–water partition coefficient (Wildman–Crippen LogP) is 4.06. The quantitative estimate of drug-likeness (QED) is 0.478. The molecule has 0 saturated carbocycles. The standard InChI is InChI=1S/C22H23F2N3O3/c23-18-9-5-16(6-10-18)14-29-15-20(28)25-13-3-1-2-4-21-26-22(27-30-21)17-7-11-19(24)12-8-17/h5-12H,1-4,13-15H2,(H,25,28). The molecule has 1 N–H and O–H groups in total. The largest absolute Gasteiger partial charge is 0.367 e. The van der Waals surface area contributed by atoms with Crippen LogP contribution in [-0.2, 0) is 22.6 Å². The molecule has 8 heteroatoms. The first-order valence-electron chi connectivity index (χ1n) is 9.77. The second kappa shape index (κ2) is 11.2. The normalized spacial score (nSPS) is 10.9. The summed E-state index contributed by atoms with van der Waals surface area (Å²) in [5.41, 5.74) is 1.52. The number of carbonyl (C=O) groups excluding carboxylic acids is 1. The predicted molar refractivity (Wildman–Crippen MR) is 106 cm³/mol. The fourth-order valence-electron chi connectivity index (χ4n) is 2.77. The van der Waals surface area contributed by atoms with E-state index in [0.717, 1.165) is 24.8 Å². The number of aromatic nitrogens is 2. The van der Waals surface area contributed by atoms with Crippen molar-refractivity contribution in [1.29, 1.82) is 0 Å². The minimum Gasteiger partial charge on any atom is -0.367 e. The molecular formula is C22H23F2N3O3. The van der Waals surface area contributed by atoms with Gasteiger partial charge in [0.1, 0.15) is 18.2 Å². The highest BCUT2D eigenvalue weighted by Crippen LogP contribution is 2.17. The zero-order chi connectivity index (χ0) is 21.2. The molecule has 0 atom stereocenters. The van der Waals surface area contributed by atoms with E-state index >= 15 is 0 Å². The summed E-state index contributed by atoms with van der Waals surface area (Å²) in [6, 6.07) is 11.9. The first-order valence-corrected chi connectivity index (χ1v) is 9.77. The van der Waals surface area contributed by atoms with Gasteiger partial charge in [-0.3, -0.25) is 4.79 Å². The first-order chi connectivity index (χ1) is 14.6. The van der Waals surface area contributed by atoms with Gasteiger partial charge in [0.25, 0.3) is 0 Å². The molecule has 6 nitrogen and oxygen atoms in total. The lowest BCUT2D eigenvalue weighted by Crippen LogP contribution is -2.28. The summed E-state index contributed by atoms with van der Waals surface area (Å²) < 4.78 is 36.3. The van der Waals surface area contributed by atoms with Crippen LogP contribution < -0.4 is 5.32 Å². The number of amides is 1. The van der Waals surface area contributed by atoms with Crippen molar-refractivity contribution >= 4 is 5.91 Å². The molecule has 0 saturated heterocycles. The van der Waals surface area contributed by atoms with E-state index in [-0.39, 0.29) is 30.8 Å². The van der Waals surface area contributed by atoms with Gasteiger partial charge in [0.2, 0.25) is 17.6 Å². The summed E-state index contributed by atoms with van der Waals surface area (Å²) in [7, 11) is 0. The zero-order valence-electron chi connectivity index (χ0n) is 16.4. The Morgan fingerprint density at radius 3 is 2.40 bits per heavy atom. The lowest BCUT2D eigenvalue weighted by Gasteiger charge is -2.06. The van der Waals surface area contributed by atoms with E-state index in [1.54, 1.807) is 24.3 Å². The van der Waals surface area contributed by atoms with Crippen LogP contribution in [-0.4, -0.2) is 29.2 Å². The number of hydrogen-bond donors (Lipinski definition) is 1. The van der Waals surface area contributed by atoms with E-state index in [0.29, 0.717) is 30.2 Å². The van der Waals surface area contributed by atoms with Crippen LogP contribution in [0.15, 0.2) is 53.1 Å². The highest BCUT2D eigenvalue weighted by molar-refractivity contribution is 5.77. The van der Waals surface area contributed by atoms with Gasteiger partial charge >= 0.3 is 0 Å². The van der Waals surface area contributed by atoms with E-state index in [1.807, 2.05) is 0 Å². The van der Waals surface area contributed by atoms with Crippen molar-refractivity contribution < 1.29 is 22.8 Å². The maximum Gasteiger partial charge on any atom is 0.246 e. The molecule has 3 aromatic rings. The molecule has 0 spiro atoms. The lowest BCUT2D eigenvalue weighted by molar-refractivity contribution is -0.126. The number of hydrogen-bond acceptors (Lipinski definition) is 5. The third-order valence-corrected chi connectivity index (χ3v) is 4.38. The van der Waals surface area contributed by atoms with Crippen molar-refractivity contribution in [3.05, 3.63) is 71.6 Å². The summed E-state index contributed by atoms with van der Waals surface area (Å²) >= 11 is 0. The van der Waals surface area contributed by atoms with E-state index in [9.17, 15) is 13.6 Å². The minimum absolute atomic E-state index is 0.0362. The molecule has 0 fully saturated rings. The molecule has 0 aliphatic carbocycles. The Morgan fingerprint density at radius 2 is 1.67 bits per heavy atom. The van der Waals surface area contributed by atoms with E-state index in [2.05, 4.69) is 15.5 Å². The number of nitrogens with zero attached hydrogens (tertiary/aromatic N) is 2. The monoisotopic (exact) mass is 415 g/mol. The topological polar surface area (TPSA) is 77.2 Å². The minimum atomic E-state index is -0.311. The van der Waals surface area contributed by atoms with Gasteiger partial charge in [-0.15, -0.1) is 0 Å². The Kier molecular flexibility index (Phi) is 8.02. The summed E-state index contributed by atoms with van der Waals surface area (Å²) in [5.74, 6) is 0.182. The number of unbranched alkanes of at least 4 members (excludes halogenated alkanes) is 2. The molecule has 30 heavy (non-hydrogen) atoms. The number of ether oxygens (including phenoxy) is 1. The van der Waals surface area contributed by atoms with Crippen LogP contribution in [0.5, 0.6) is 0 Å². The average molecular weight is 415 g/mol. The Balaban J connectivity index is 1.24. The number of carbonyl (C=O) groups is 1. The van der Waals surface area contributed by atoms with Crippen LogP contribution in [0.2, 0.25) is 0 Å². The maximum absolute atomic E-state index is 13.0. The fourth-order valence-corrected chi connectivity index (χ4v) is 2.77. The molecule has 158 valence electrons. The third-order valence-electron chi connectivity index (χ3n) is 4.38. The van der Waals surface area contributed by atoms with Crippen molar-refractivity contribution in [2.45, 2.75) is 32.3 Å². The zero-order valence-corrected chi connectivity index (χ0v) is 16.4. The highest BCUT2D eigenvalue weighted by atomic mass is 19.1. The number of rotatable bonds is 11. The van der Waals surface area contributed by atoms with Gasteiger partial charge in [0.05, 0.1) is 6.61 Å². The number of benzene rings is 2. The van der Waals surface area contributed by atoms with Gasteiger partial charge in [-0.05, 0) is 54.8 Å². The first kappa shape index (κ1) is 21.6. The highest BCUT2D eigenvalue weighted by Gasteiger charge is 2.08. The van der Waals surface area contributed by atoms with Crippen LogP contribution in [0.4, 0.5) is 8.78 Å². The van der Waals surface area contributed by atoms with Crippen LogP contribution in [0.25, 0.3) is 11.4 Å². The lowest BCUT2D eigenvalue weighted by atomic mass is 10.2. The van der Waals surface area contributed by atoms with Crippen molar-refractivity contribution in [1.82, 2.24) is 15.5 Å². The molecule has 0 bridgehead atoms. The molecule has 1 amide bonds. The second-order valence-electron chi connectivity index (χ2n) is 6.80. The summed E-state index contributed by atoms with van der Waals surface area (Å²) in [6.07, 6.45) is 3.21. The average Bonchev–Trinajstić information content (AvgIpc) is 3.21. The summed E-state index contributed by atoms with van der Waals surface area (Å²) in [5, 5.41) is 6.71. The molecule has 1 heterocycles. The molecule has 0 aliphatic rings. The molecule has 0 unspecified atom stereocenters. The molecule has 3 rings (SSSR count). The molecule has 1 aromatic heterocycles. The third kappa shape index (κ3) is 7.04. The maximum atomic E-state index is 13.0. The molecular weight excluding hydrogens is 392 g/mol. The number of nitrogens with one attached hydrogen (secondary N) is 1. The van der Waals surface area contributed by atoms with Gasteiger partial charge < -0.3 is 14.6 Å². The van der Waals surface area contributed by atoms with Crippen molar-refractivity contribution in [2.75, 3.05) is 13.2 Å². The fraction of sp³-hybridized carbons (Fsp3) is 0.318. The molecule has 0 aliphatic heterocycles. The Hall–Kier alpha value is -3.13. The van der Waals surface area contributed by atoms with Crippen LogP contribution in [0.3, 0.4) is 0 Å². The van der Waals surface area contributed by atoms with Gasteiger partial charge in [-0.25, -0.2) is 8.78 Å². The summed E-state index contributed by atoms with van der Waals surface area (Å²) in [4.78, 5) is 16.1. The SMILES string of the molecule is O=C(COCc1ccc(F)cc1)NCCCCCc1nc(-c2ccc(F)cc2)no1. The summed E-state index contributed by atoms with van der Waals surface area (Å²) in [6.45, 7) is 0.784. The second-order valence-corrected chi connectivity index (χ2v) is 6.80. The van der Waals surface area contributed by atoms with Gasteiger partial charge in [0, 0.05) is 18.5 Å². The van der Waals surface area contributed by atoms with Crippen molar-refractivity contribution in [2.24, 2.45) is 0 Å². The van der Waals surface area contributed by atoms with Crippen molar-refractivity contribution in [3.8, 4) is 11.4 Å². The smallest absolute Gasteiger partial charge is 0.246 e. The number of aryl methyl sites for hydroxylation is 1. The van der Waals surface area contributed by atoms with E-state index in [4.69, 9.17) is 9.26 Å². The van der Waals surface area contributed by atoms with Crippen molar-refractivity contribution in [3.63, 3.8) is 0 Å². The molecule has 0 radical (unpaired) electrons. The Labute approximate surface area is 173 Å². The van der Waals surface area contributed by atoms with Crippen LogP contribution in [0, 0.1) is 11.6 Å². The van der Waals surface area contributed by atoms with Gasteiger partial charge in [-0.2, -0.15) is 4.98 Å². The van der Waals surface area contributed by atoms with E-state index in [1.165, 1.54) is 24.3 Å². The Bertz CT molecular complexity index is 928. The van der Waals surface area contributed by atoms with Crippen LogP contribution in [0.1, 0.15) is 30.7 Å². The van der Waals surface area contributed by atoms with Gasteiger partial charge in [0.15, 0.2) is 0 Å². The van der Waals surface area contributed by atoms with Gasteiger partial charge in [-0.1, -0.05) is 23.7 Å². The van der Waals surface area contributed by atoms with Crippen LogP contribution >= 0.6 is 0 Å². The Morgan fingerprint density at radius 1 is 0.967 bits per heavy atom. The molecule has 2 aromatic carbocycles.